The average molecular weight is 641 g/mol. The number of hydrogen-bond donors (Lipinski definition) is 4. The molecule has 3 unspecified atom stereocenters. The first kappa shape index (κ1) is 42.5. The van der Waals surface area contributed by atoms with Gasteiger partial charge in [0.15, 0.2) is 0 Å². The third kappa shape index (κ3) is 29.2. The SMILES string of the molecule is CCCCC/C=C\CCCCCCCC(=O)NC(COP(=O)(O)OCCN)C(O)/C=C/CC/C=C/CC/C=C/CCCCC. The largest absolute Gasteiger partial charge is 0.472 e. The Labute approximate surface area is 269 Å². The Hall–Kier alpha value is -1.54. The van der Waals surface area contributed by atoms with Crippen molar-refractivity contribution in [1.29, 1.82) is 0 Å². The Kier molecular flexibility index (Phi) is 30.3. The number of unbranched alkanes of at least 4 members (excludes halogenated alkanes) is 13. The zero-order valence-electron chi connectivity index (χ0n) is 27.9. The van der Waals surface area contributed by atoms with Crippen molar-refractivity contribution in [2.24, 2.45) is 5.73 Å². The van der Waals surface area contributed by atoms with E-state index in [0.717, 1.165) is 70.6 Å². The van der Waals surface area contributed by atoms with Gasteiger partial charge in [-0.3, -0.25) is 13.8 Å². The lowest BCUT2D eigenvalue weighted by atomic mass is 10.1. The number of allylic oxidation sites excluding steroid dienone is 7. The molecule has 0 aromatic heterocycles. The molecule has 8 nitrogen and oxygen atoms in total. The number of amides is 1. The van der Waals surface area contributed by atoms with Crippen LogP contribution in [0.4, 0.5) is 0 Å². The highest BCUT2D eigenvalue weighted by atomic mass is 31.2. The molecular weight excluding hydrogens is 575 g/mol. The first-order valence-electron chi connectivity index (χ1n) is 17.3. The second-order valence-electron chi connectivity index (χ2n) is 11.3. The van der Waals surface area contributed by atoms with Gasteiger partial charge < -0.3 is 21.1 Å². The van der Waals surface area contributed by atoms with E-state index in [9.17, 15) is 19.4 Å². The van der Waals surface area contributed by atoms with Gasteiger partial charge >= 0.3 is 7.82 Å². The molecule has 0 bridgehead atoms. The topological polar surface area (TPSA) is 131 Å². The van der Waals surface area contributed by atoms with Gasteiger partial charge in [0.2, 0.25) is 5.91 Å². The standard InChI is InChI=1S/C35H65N2O6P/c1-3-5-7-9-11-13-15-17-18-20-22-24-26-28-34(38)33(32-43-44(40,41)42-31-30-36)37-35(39)29-27-25-23-21-19-16-14-12-10-8-6-4-2/h11-14,18,20,26,28,33-34,38H,3-10,15-17,19,21-25,27,29-32,36H2,1-2H3,(H,37,39)(H,40,41)/b13-11+,14-12-,20-18+,28-26+. The summed E-state index contributed by atoms with van der Waals surface area (Å²) in [6.45, 7) is 4.00. The molecule has 256 valence electrons. The van der Waals surface area contributed by atoms with Crippen molar-refractivity contribution in [1.82, 2.24) is 5.32 Å². The summed E-state index contributed by atoms with van der Waals surface area (Å²) in [5.41, 5.74) is 5.33. The number of hydrogen-bond acceptors (Lipinski definition) is 6. The average Bonchev–Trinajstić information content (AvgIpc) is 3.01. The monoisotopic (exact) mass is 640 g/mol. The van der Waals surface area contributed by atoms with Crippen LogP contribution in [-0.2, 0) is 18.4 Å². The van der Waals surface area contributed by atoms with Crippen molar-refractivity contribution >= 4 is 13.7 Å². The van der Waals surface area contributed by atoms with Gasteiger partial charge in [0.25, 0.3) is 0 Å². The van der Waals surface area contributed by atoms with Gasteiger partial charge in [0, 0.05) is 13.0 Å². The summed E-state index contributed by atoms with van der Waals surface area (Å²) in [6, 6.07) is -0.885. The summed E-state index contributed by atoms with van der Waals surface area (Å²) in [5.74, 6) is -0.223. The fraction of sp³-hybridized carbons (Fsp3) is 0.743. The maximum absolute atomic E-state index is 12.6. The first-order chi connectivity index (χ1) is 21.4. The molecule has 9 heteroatoms. The molecule has 0 aromatic carbocycles. The van der Waals surface area contributed by atoms with Gasteiger partial charge in [-0.25, -0.2) is 4.57 Å². The fourth-order valence-corrected chi connectivity index (χ4v) is 5.21. The summed E-state index contributed by atoms with van der Waals surface area (Å²) < 4.78 is 21.9. The normalized spacial score (nSPS) is 15.1. The number of phosphoric ester groups is 1. The van der Waals surface area contributed by atoms with Crippen LogP contribution in [0.25, 0.3) is 0 Å². The first-order valence-corrected chi connectivity index (χ1v) is 18.8. The maximum atomic E-state index is 12.6. The van der Waals surface area contributed by atoms with Gasteiger partial charge in [0.1, 0.15) is 0 Å². The van der Waals surface area contributed by atoms with Gasteiger partial charge in [-0.2, -0.15) is 0 Å². The Morgan fingerprint density at radius 3 is 1.75 bits per heavy atom. The van der Waals surface area contributed by atoms with Crippen molar-refractivity contribution in [2.45, 2.75) is 148 Å². The van der Waals surface area contributed by atoms with Gasteiger partial charge in [-0.1, -0.05) is 107 Å². The highest BCUT2D eigenvalue weighted by molar-refractivity contribution is 7.47. The van der Waals surface area contributed by atoms with E-state index in [0.29, 0.717) is 6.42 Å². The zero-order chi connectivity index (χ0) is 32.6. The Bertz CT molecular complexity index is 830. The maximum Gasteiger partial charge on any atom is 0.472 e. The van der Waals surface area contributed by atoms with E-state index in [1.807, 2.05) is 6.08 Å². The molecule has 0 spiro atoms. The molecule has 0 heterocycles. The molecule has 0 aromatic rings. The zero-order valence-corrected chi connectivity index (χ0v) is 28.8. The van der Waals surface area contributed by atoms with Crippen LogP contribution in [0, 0.1) is 0 Å². The molecular formula is C35H65N2O6P. The summed E-state index contributed by atoms with van der Waals surface area (Å²) in [6.07, 6.45) is 35.8. The predicted octanol–water partition coefficient (Wildman–Crippen LogP) is 8.60. The van der Waals surface area contributed by atoms with Crippen molar-refractivity contribution < 1.29 is 28.4 Å². The van der Waals surface area contributed by atoms with Crippen LogP contribution in [0.5, 0.6) is 0 Å². The molecule has 0 aliphatic rings. The minimum atomic E-state index is -4.34. The second-order valence-corrected chi connectivity index (χ2v) is 12.8. The highest BCUT2D eigenvalue weighted by Gasteiger charge is 2.26. The Balaban J connectivity index is 4.50. The number of carbonyl (C=O) groups is 1. The van der Waals surface area contributed by atoms with E-state index >= 15 is 0 Å². The van der Waals surface area contributed by atoms with Gasteiger partial charge in [-0.05, 0) is 70.6 Å². The Morgan fingerprint density at radius 1 is 0.727 bits per heavy atom. The van der Waals surface area contributed by atoms with E-state index in [2.05, 4.69) is 55.6 Å². The molecule has 0 radical (unpaired) electrons. The molecule has 0 fully saturated rings. The minimum Gasteiger partial charge on any atom is -0.387 e. The number of nitrogens with two attached hydrogens (primary N) is 1. The fourth-order valence-electron chi connectivity index (χ4n) is 4.45. The molecule has 44 heavy (non-hydrogen) atoms. The predicted molar refractivity (Wildman–Crippen MR) is 184 cm³/mol. The summed E-state index contributed by atoms with van der Waals surface area (Å²) in [5, 5.41) is 13.5. The van der Waals surface area contributed by atoms with Crippen LogP contribution in [0.1, 0.15) is 136 Å². The van der Waals surface area contributed by atoms with Crippen molar-refractivity contribution in [3.63, 3.8) is 0 Å². The number of rotatable bonds is 31. The minimum absolute atomic E-state index is 0.0688. The second kappa shape index (κ2) is 31.4. The van der Waals surface area contributed by atoms with Gasteiger partial charge in [0.05, 0.1) is 25.4 Å². The van der Waals surface area contributed by atoms with Crippen LogP contribution in [0.15, 0.2) is 48.6 Å². The van der Waals surface area contributed by atoms with Crippen molar-refractivity contribution in [2.75, 3.05) is 19.8 Å². The number of nitrogens with one attached hydrogen (secondary N) is 1. The molecule has 0 saturated heterocycles. The van der Waals surface area contributed by atoms with Crippen LogP contribution >= 0.6 is 7.82 Å². The molecule has 0 aliphatic carbocycles. The summed E-state index contributed by atoms with van der Waals surface area (Å²) in [4.78, 5) is 22.5. The molecule has 3 atom stereocenters. The number of phosphoric acid groups is 1. The molecule has 0 saturated carbocycles. The van der Waals surface area contributed by atoms with Crippen molar-refractivity contribution in [3.05, 3.63) is 48.6 Å². The van der Waals surface area contributed by atoms with E-state index in [4.69, 9.17) is 14.8 Å². The smallest absolute Gasteiger partial charge is 0.387 e. The molecule has 0 aliphatic heterocycles. The van der Waals surface area contributed by atoms with Crippen LogP contribution < -0.4 is 11.1 Å². The number of aliphatic hydroxyl groups excluding tert-OH is 1. The lowest BCUT2D eigenvalue weighted by molar-refractivity contribution is -0.123. The van der Waals surface area contributed by atoms with Crippen molar-refractivity contribution in [3.8, 4) is 0 Å². The third-order valence-corrected chi connectivity index (χ3v) is 8.09. The Morgan fingerprint density at radius 2 is 1.20 bits per heavy atom. The molecule has 5 N–H and O–H groups in total. The van der Waals surface area contributed by atoms with E-state index < -0.39 is 20.0 Å². The van der Waals surface area contributed by atoms with E-state index in [1.165, 1.54) is 44.9 Å². The lowest BCUT2D eigenvalue weighted by Gasteiger charge is -2.23. The van der Waals surface area contributed by atoms with Crippen LogP contribution in [0.2, 0.25) is 0 Å². The molecule has 1 amide bonds. The van der Waals surface area contributed by atoms with E-state index in [1.54, 1.807) is 6.08 Å². The van der Waals surface area contributed by atoms with E-state index in [-0.39, 0.29) is 25.7 Å². The lowest BCUT2D eigenvalue weighted by Crippen LogP contribution is -2.45. The molecule has 0 rings (SSSR count). The summed E-state index contributed by atoms with van der Waals surface area (Å²) in [7, 11) is -4.34. The third-order valence-electron chi connectivity index (χ3n) is 7.10. The van der Waals surface area contributed by atoms with Crippen LogP contribution in [-0.4, -0.2) is 47.8 Å². The highest BCUT2D eigenvalue weighted by Crippen LogP contribution is 2.43. The van der Waals surface area contributed by atoms with Gasteiger partial charge in [-0.15, -0.1) is 0 Å². The number of aliphatic hydroxyl groups is 1. The summed E-state index contributed by atoms with van der Waals surface area (Å²) >= 11 is 0. The quantitative estimate of drug-likeness (QED) is 0.0339. The number of carbonyl (C=O) groups excluding carboxylic acids is 1. The van der Waals surface area contributed by atoms with Crippen LogP contribution in [0.3, 0.4) is 0 Å².